The van der Waals surface area contributed by atoms with Crippen molar-refractivity contribution in [3.8, 4) is 0 Å². The van der Waals surface area contributed by atoms with Gasteiger partial charge in [-0.2, -0.15) is 0 Å². The van der Waals surface area contributed by atoms with E-state index < -0.39 is 57.8 Å². The lowest BCUT2D eigenvalue weighted by Gasteiger charge is -2.19. The van der Waals surface area contributed by atoms with E-state index in [0.717, 1.165) is 43.9 Å². The lowest BCUT2D eigenvalue weighted by atomic mass is 9.94. The van der Waals surface area contributed by atoms with E-state index in [1.165, 1.54) is 62.1 Å². The maximum atomic E-state index is 14.1. The third-order valence-corrected chi connectivity index (χ3v) is 6.37. The van der Waals surface area contributed by atoms with Crippen LogP contribution in [0.2, 0.25) is 0 Å². The van der Waals surface area contributed by atoms with Crippen LogP contribution in [0.15, 0.2) is 71.7 Å². The average molecular weight is 539 g/mol. The Morgan fingerprint density at radius 2 is 1.18 bits per heavy atom. The van der Waals surface area contributed by atoms with Crippen LogP contribution in [-0.2, 0) is 19.1 Å². The highest BCUT2D eigenvalue weighted by atomic mass is 19.1. The fourth-order valence-electron chi connectivity index (χ4n) is 4.23. The molecule has 0 heterocycles. The summed E-state index contributed by atoms with van der Waals surface area (Å²) in [6.07, 6.45) is 9.94. The van der Waals surface area contributed by atoms with Crippen molar-refractivity contribution in [3.63, 3.8) is 0 Å². The highest BCUT2D eigenvalue weighted by molar-refractivity contribution is 6.22. The molecular formula is C31H32F2O6. The van der Waals surface area contributed by atoms with Gasteiger partial charge in [0.2, 0.25) is 11.6 Å². The van der Waals surface area contributed by atoms with Gasteiger partial charge in [0.15, 0.2) is 11.5 Å². The molecule has 1 aliphatic carbocycles. The molecule has 0 saturated heterocycles. The highest BCUT2D eigenvalue weighted by Gasteiger charge is 2.34. The van der Waals surface area contributed by atoms with Crippen molar-refractivity contribution in [3.05, 3.63) is 94.5 Å². The zero-order chi connectivity index (χ0) is 28.2. The van der Waals surface area contributed by atoms with Gasteiger partial charge < -0.3 is 9.47 Å². The van der Waals surface area contributed by atoms with Crippen LogP contribution in [0.1, 0.15) is 91.8 Å². The number of benzene rings is 2. The molecular weight excluding hydrogens is 506 g/mol. The number of ether oxygens (including phenoxy) is 2. The van der Waals surface area contributed by atoms with Crippen molar-refractivity contribution in [1.29, 1.82) is 0 Å². The van der Waals surface area contributed by atoms with Crippen LogP contribution in [0.3, 0.4) is 0 Å². The van der Waals surface area contributed by atoms with E-state index in [4.69, 9.17) is 9.47 Å². The number of rotatable bonds is 14. The van der Waals surface area contributed by atoms with Gasteiger partial charge in [-0.25, -0.2) is 18.4 Å². The van der Waals surface area contributed by atoms with Gasteiger partial charge >= 0.3 is 11.9 Å². The topological polar surface area (TPSA) is 86.7 Å². The van der Waals surface area contributed by atoms with E-state index in [9.17, 15) is 28.0 Å². The summed E-state index contributed by atoms with van der Waals surface area (Å²) >= 11 is 0. The smallest absolute Gasteiger partial charge is 0.346 e. The number of allylic oxidation sites excluding steroid dienone is 2. The molecule has 0 fully saturated rings. The third kappa shape index (κ3) is 8.27. The predicted molar refractivity (Wildman–Crippen MR) is 141 cm³/mol. The molecule has 8 heteroatoms. The van der Waals surface area contributed by atoms with Gasteiger partial charge in [0.25, 0.3) is 0 Å². The van der Waals surface area contributed by atoms with Gasteiger partial charge in [0.05, 0.1) is 16.7 Å². The Bertz CT molecular complexity index is 1280. The first-order valence-corrected chi connectivity index (χ1v) is 13.3. The largest absolute Gasteiger partial charge is 0.418 e. The molecule has 0 unspecified atom stereocenters. The average Bonchev–Trinajstić information content (AvgIpc) is 2.92. The number of unbranched alkanes of at least 4 members (excludes halogenated alkanes) is 8. The number of carbonyl (C=O) groups is 4. The molecule has 206 valence electrons. The number of carbonyl (C=O) groups excluding carboxylic acids is 4. The summed E-state index contributed by atoms with van der Waals surface area (Å²) in [5, 5.41) is 0. The fraction of sp³-hybridized carbons (Fsp3) is 0.355. The van der Waals surface area contributed by atoms with E-state index in [2.05, 4.69) is 6.92 Å². The molecule has 0 radical (unpaired) electrons. The van der Waals surface area contributed by atoms with Gasteiger partial charge in [-0.3, -0.25) is 9.59 Å². The number of hydrogen-bond donors (Lipinski definition) is 0. The van der Waals surface area contributed by atoms with E-state index in [1.807, 2.05) is 0 Å². The molecule has 2 aromatic rings. The second-order valence-electron chi connectivity index (χ2n) is 9.33. The third-order valence-electron chi connectivity index (χ3n) is 6.37. The maximum Gasteiger partial charge on any atom is 0.346 e. The second kappa shape index (κ2) is 14.9. The first-order chi connectivity index (χ1) is 18.8. The summed E-state index contributed by atoms with van der Waals surface area (Å²) in [5.41, 5.74) is -0.945. The lowest BCUT2D eigenvalue weighted by molar-refractivity contribution is -0.119. The number of ketones is 2. The molecule has 0 bridgehead atoms. The van der Waals surface area contributed by atoms with Crippen molar-refractivity contribution in [2.75, 3.05) is 0 Å². The summed E-state index contributed by atoms with van der Waals surface area (Å²) in [7, 11) is 0. The Morgan fingerprint density at radius 3 is 1.72 bits per heavy atom. The summed E-state index contributed by atoms with van der Waals surface area (Å²) in [5.74, 6) is -6.79. The molecule has 39 heavy (non-hydrogen) atoms. The number of hydrogen-bond acceptors (Lipinski definition) is 6. The Labute approximate surface area is 226 Å². The Kier molecular flexibility index (Phi) is 11.3. The molecule has 1 aliphatic rings. The molecule has 0 amide bonds. The second-order valence-corrected chi connectivity index (χ2v) is 9.33. The van der Waals surface area contributed by atoms with Crippen LogP contribution in [-0.4, -0.2) is 23.5 Å². The zero-order valence-corrected chi connectivity index (χ0v) is 22.0. The zero-order valence-electron chi connectivity index (χ0n) is 22.0. The lowest BCUT2D eigenvalue weighted by Crippen LogP contribution is -2.25. The molecule has 0 N–H and O–H groups in total. The molecule has 0 aliphatic heterocycles. The van der Waals surface area contributed by atoms with Crippen molar-refractivity contribution in [1.82, 2.24) is 0 Å². The summed E-state index contributed by atoms with van der Waals surface area (Å²) in [6.45, 7) is 2.16. The first kappa shape index (κ1) is 29.6. The van der Waals surface area contributed by atoms with Gasteiger partial charge in [-0.05, 0) is 37.1 Å². The minimum Gasteiger partial charge on any atom is -0.418 e. The molecule has 0 atom stereocenters. The van der Waals surface area contributed by atoms with Crippen LogP contribution in [0.25, 0.3) is 0 Å². The number of Topliss-reactive ketones (excluding diaryl/α,β-unsaturated/α-hetero) is 1. The van der Waals surface area contributed by atoms with E-state index in [0.29, 0.717) is 6.42 Å². The van der Waals surface area contributed by atoms with Crippen molar-refractivity contribution < 1.29 is 37.4 Å². The fourth-order valence-corrected chi connectivity index (χ4v) is 4.23. The van der Waals surface area contributed by atoms with Crippen LogP contribution in [0.5, 0.6) is 0 Å². The minimum absolute atomic E-state index is 0.0783. The molecule has 2 aromatic carbocycles. The van der Waals surface area contributed by atoms with E-state index >= 15 is 0 Å². The standard InChI is InChI=1S/C31H32F2O6/c1-2-3-4-5-6-7-8-9-10-17-23-28(35)27(38-30(36)21-15-11-13-18-24(21)32)20-26(34)29(23)39-31(37)22-16-12-14-19-25(22)33/h11-16,18-20H,2-10,17H2,1H3. The van der Waals surface area contributed by atoms with Crippen molar-refractivity contribution in [2.24, 2.45) is 0 Å². The van der Waals surface area contributed by atoms with Crippen LogP contribution < -0.4 is 0 Å². The van der Waals surface area contributed by atoms with Crippen LogP contribution in [0.4, 0.5) is 8.78 Å². The normalized spacial score (nSPS) is 13.4. The van der Waals surface area contributed by atoms with Crippen molar-refractivity contribution in [2.45, 2.75) is 71.1 Å². The van der Waals surface area contributed by atoms with Crippen molar-refractivity contribution >= 4 is 23.5 Å². The molecule has 3 rings (SSSR count). The van der Waals surface area contributed by atoms with Gasteiger partial charge in [0.1, 0.15) is 11.6 Å². The Balaban J connectivity index is 1.74. The summed E-state index contributed by atoms with van der Waals surface area (Å²) in [4.78, 5) is 51.3. The summed E-state index contributed by atoms with van der Waals surface area (Å²) in [6, 6.07) is 10.2. The molecule has 6 nitrogen and oxygen atoms in total. The SMILES string of the molecule is CCCCCCCCCCCC1=C(OC(=O)c2ccccc2F)C(=O)C=C(OC(=O)c2ccccc2F)C1=O. The van der Waals surface area contributed by atoms with E-state index in [-0.39, 0.29) is 12.0 Å². The maximum absolute atomic E-state index is 14.1. The monoisotopic (exact) mass is 538 g/mol. The quantitative estimate of drug-likeness (QED) is 0.144. The van der Waals surface area contributed by atoms with Crippen LogP contribution >= 0.6 is 0 Å². The number of halogens is 2. The van der Waals surface area contributed by atoms with Gasteiger partial charge in [0, 0.05) is 6.08 Å². The highest BCUT2D eigenvalue weighted by Crippen LogP contribution is 2.28. The Morgan fingerprint density at radius 1 is 0.692 bits per heavy atom. The van der Waals surface area contributed by atoms with E-state index in [1.54, 1.807) is 0 Å². The van der Waals surface area contributed by atoms with Crippen LogP contribution in [0, 0.1) is 11.6 Å². The number of esters is 2. The van der Waals surface area contributed by atoms with Gasteiger partial charge in [-0.1, -0.05) is 82.6 Å². The molecule has 0 aromatic heterocycles. The Hall–Kier alpha value is -3.94. The first-order valence-electron chi connectivity index (χ1n) is 13.3. The molecule has 0 spiro atoms. The summed E-state index contributed by atoms with van der Waals surface area (Å²) < 4.78 is 38.5. The van der Waals surface area contributed by atoms with Gasteiger partial charge in [-0.15, -0.1) is 0 Å². The predicted octanol–water partition coefficient (Wildman–Crippen LogP) is 7.19. The molecule has 0 saturated carbocycles. The minimum atomic E-state index is -1.14.